The first kappa shape index (κ1) is 15.8. The van der Waals surface area contributed by atoms with Crippen molar-refractivity contribution in [2.75, 3.05) is 33.2 Å². The van der Waals surface area contributed by atoms with Gasteiger partial charge in [0.05, 0.1) is 12.0 Å². The summed E-state index contributed by atoms with van der Waals surface area (Å²) >= 11 is 0. The first-order valence-electron chi connectivity index (χ1n) is 8.30. The largest absolute Gasteiger partial charge is 0.304 e. The lowest BCUT2D eigenvalue weighted by Gasteiger charge is -2.47. The van der Waals surface area contributed by atoms with Gasteiger partial charge in [0.25, 0.3) is 0 Å². The van der Waals surface area contributed by atoms with Gasteiger partial charge in [-0.1, -0.05) is 27.2 Å². The summed E-state index contributed by atoms with van der Waals surface area (Å²) in [7, 11) is 2.20. The van der Waals surface area contributed by atoms with Crippen LogP contribution in [-0.4, -0.2) is 49.1 Å². The van der Waals surface area contributed by atoms with Crippen molar-refractivity contribution in [3.05, 3.63) is 0 Å². The standard InChI is InChI=1S/C17H31N3/c1-5-17(2,3)15-7-6-14(13-18)16(12-15)20-10-8-19(4)9-11-20/h14-16H,5-12H2,1-4H3. The average Bonchev–Trinajstić information content (AvgIpc) is 2.47. The Morgan fingerprint density at radius 3 is 2.35 bits per heavy atom. The van der Waals surface area contributed by atoms with Gasteiger partial charge in [-0.2, -0.15) is 5.26 Å². The van der Waals surface area contributed by atoms with E-state index in [0.29, 0.717) is 11.5 Å². The molecule has 0 spiro atoms. The van der Waals surface area contributed by atoms with Crippen LogP contribution in [0.15, 0.2) is 0 Å². The molecule has 1 saturated carbocycles. The predicted molar refractivity (Wildman–Crippen MR) is 83.4 cm³/mol. The zero-order valence-electron chi connectivity index (χ0n) is 13.7. The molecule has 0 N–H and O–H groups in total. The summed E-state index contributed by atoms with van der Waals surface area (Å²) < 4.78 is 0. The molecular formula is C17H31N3. The van der Waals surface area contributed by atoms with Crippen molar-refractivity contribution in [1.29, 1.82) is 5.26 Å². The van der Waals surface area contributed by atoms with Crippen molar-refractivity contribution in [3.63, 3.8) is 0 Å². The third-order valence-electron chi connectivity index (χ3n) is 6.01. The van der Waals surface area contributed by atoms with Gasteiger partial charge in [-0.3, -0.25) is 4.90 Å². The van der Waals surface area contributed by atoms with E-state index in [1.54, 1.807) is 0 Å². The van der Waals surface area contributed by atoms with Crippen LogP contribution < -0.4 is 0 Å². The van der Waals surface area contributed by atoms with Crippen LogP contribution >= 0.6 is 0 Å². The van der Waals surface area contributed by atoms with E-state index >= 15 is 0 Å². The van der Waals surface area contributed by atoms with E-state index in [2.05, 4.69) is 43.7 Å². The van der Waals surface area contributed by atoms with E-state index < -0.39 is 0 Å². The Hall–Kier alpha value is -0.590. The van der Waals surface area contributed by atoms with Gasteiger partial charge in [0.1, 0.15) is 0 Å². The number of likely N-dealkylation sites (N-methyl/N-ethyl adjacent to an activating group) is 1. The maximum absolute atomic E-state index is 9.50. The van der Waals surface area contributed by atoms with Crippen molar-refractivity contribution in [2.24, 2.45) is 17.3 Å². The summed E-state index contributed by atoms with van der Waals surface area (Å²) in [6, 6.07) is 3.10. The number of hydrogen-bond donors (Lipinski definition) is 0. The number of nitrogens with zero attached hydrogens (tertiary/aromatic N) is 3. The van der Waals surface area contributed by atoms with Crippen molar-refractivity contribution in [1.82, 2.24) is 9.80 Å². The normalized spacial score (nSPS) is 33.9. The second-order valence-corrected chi connectivity index (χ2v) is 7.49. The van der Waals surface area contributed by atoms with Crippen LogP contribution in [0.2, 0.25) is 0 Å². The Labute approximate surface area is 124 Å². The summed E-state index contributed by atoms with van der Waals surface area (Å²) in [6.07, 6.45) is 4.80. The molecule has 2 fully saturated rings. The molecule has 114 valence electrons. The molecule has 3 nitrogen and oxygen atoms in total. The Morgan fingerprint density at radius 1 is 1.15 bits per heavy atom. The molecule has 3 unspecified atom stereocenters. The average molecular weight is 277 g/mol. The number of piperazine rings is 1. The molecule has 20 heavy (non-hydrogen) atoms. The quantitative estimate of drug-likeness (QED) is 0.794. The van der Waals surface area contributed by atoms with Gasteiger partial charge < -0.3 is 4.90 Å². The molecule has 0 aromatic carbocycles. The van der Waals surface area contributed by atoms with Crippen LogP contribution in [0.4, 0.5) is 0 Å². The van der Waals surface area contributed by atoms with Gasteiger partial charge in [0, 0.05) is 32.2 Å². The molecule has 0 amide bonds. The minimum Gasteiger partial charge on any atom is -0.304 e. The molecule has 0 bridgehead atoms. The number of hydrogen-bond acceptors (Lipinski definition) is 3. The second-order valence-electron chi connectivity index (χ2n) is 7.49. The number of nitriles is 1. The summed E-state index contributed by atoms with van der Waals surface area (Å²) in [5.74, 6) is 1.03. The van der Waals surface area contributed by atoms with E-state index in [1.165, 1.54) is 19.3 Å². The topological polar surface area (TPSA) is 30.3 Å². The SMILES string of the molecule is CCC(C)(C)C1CCC(C#N)C(N2CCN(C)CC2)C1. The Balaban J connectivity index is 2.05. The maximum atomic E-state index is 9.50. The minimum absolute atomic E-state index is 0.252. The van der Waals surface area contributed by atoms with Gasteiger partial charge in [-0.05, 0) is 37.6 Å². The van der Waals surface area contributed by atoms with Gasteiger partial charge >= 0.3 is 0 Å². The van der Waals surface area contributed by atoms with Crippen molar-refractivity contribution in [3.8, 4) is 6.07 Å². The smallest absolute Gasteiger partial charge is 0.0672 e. The van der Waals surface area contributed by atoms with Crippen LogP contribution in [0, 0.1) is 28.6 Å². The predicted octanol–water partition coefficient (Wildman–Crippen LogP) is 2.98. The Kier molecular flexibility index (Phi) is 5.09. The second kappa shape index (κ2) is 6.45. The molecule has 3 heteroatoms. The lowest BCUT2D eigenvalue weighted by atomic mass is 9.66. The van der Waals surface area contributed by atoms with Gasteiger partial charge in [0.2, 0.25) is 0 Å². The van der Waals surface area contributed by atoms with Gasteiger partial charge in [-0.15, -0.1) is 0 Å². The minimum atomic E-state index is 0.252. The highest BCUT2D eigenvalue weighted by Crippen LogP contribution is 2.43. The maximum Gasteiger partial charge on any atom is 0.0672 e. The third kappa shape index (κ3) is 3.35. The van der Waals surface area contributed by atoms with Crippen molar-refractivity contribution >= 4 is 0 Å². The summed E-state index contributed by atoms with van der Waals surface area (Å²) in [6.45, 7) is 11.7. The van der Waals surface area contributed by atoms with E-state index in [1.807, 2.05) is 0 Å². The lowest BCUT2D eigenvalue weighted by molar-refractivity contribution is 0.0276. The lowest BCUT2D eigenvalue weighted by Crippen LogP contribution is -2.53. The molecule has 0 aromatic heterocycles. The van der Waals surface area contributed by atoms with E-state index in [4.69, 9.17) is 0 Å². The molecule has 0 radical (unpaired) electrons. The molecule has 0 aromatic rings. The molecular weight excluding hydrogens is 246 g/mol. The van der Waals surface area contributed by atoms with E-state index in [-0.39, 0.29) is 5.92 Å². The highest BCUT2D eigenvalue weighted by molar-refractivity contribution is 5.00. The Bertz CT molecular complexity index is 350. The monoisotopic (exact) mass is 277 g/mol. The summed E-state index contributed by atoms with van der Waals surface area (Å²) in [4.78, 5) is 5.00. The Morgan fingerprint density at radius 2 is 1.80 bits per heavy atom. The molecule has 1 heterocycles. The summed E-state index contributed by atoms with van der Waals surface area (Å²) in [5, 5.41) is 9.50. The van der Waals surface area contributed by atoms with Crippen LogP contribution in [0.5, 0.6) is 0 Å². The zero-order chi connectivity index (χ0) is 14.8. The molecule has 1 aliphatic carbocycles. The molecule has 1 saturated heterocycles. The zero-order valence-corrected chi connectivity index (χ0v) is 13.7. The van der Waals surface area contributed by atoms with Crippen molar-refractivity contribution < 1.29 is 0 Å². The molecule has 2 aliphatic rings. The number of rotatable bonds is 3. The van der Waals surface area contributed by atoms with E-state index in [0.717, 1.165) is 38.5 Å². The third-order valence-corrected chi connectivity index (χ3v) is 6.01. The molecule has 2 rings (SSSR count). The summed E-state index contributed by atoms with van der Waals surface area (Å²) in [5.41, 5.74) is 0.422. The molecule has 3 atom stereocenters. The van der Waals surface area contributed by atoms with Crippen LogP contribution in [0.25, 0.3) is 0 Å². The van der Waals surface area contributed by atoms with Crippen LogP contribution in [0.3, 0.4) is 0 Å². The van der Waals surface area contributed by atoms with Crippen molar-refractivity contribution in [2.45, 2.75) is 52.5 Å². The highest BCUT2D eigenvalue weighted by Gasteiger charge is 2.40. The first-order valence-corrected chi connectivity index (χ1v) is 8.30. The fourth-order valence-electron chi connectivity index (χ4n) is 3.85. The fraction of sp³-hybridized carbons (Fsp3) is 0.941. The molecule has 1 aliphatic heterocycles. The van der Waals surface area contributed by atoms with Gasteiger partial charge in [-0.25, -0.2) is 0 Å². The van der Waals surface area contributed by atoms with Crippen LogP contribution in [0.1, 0.15) is 46.5 Å². The first-order chi connectivity index (χ1) is 9.47. The van der Waals surface area contributed by atoms with E-state index in [9.17, 15) is 5.26 Å². The van der Waals surface area contributed by atoms with Crippen LogP contribution in [-0.2, 0) is 0 Å². The fourth-order valence-corrected chi connectivity index (χ4v) is 3.85. The highest BCUT2D eigenvalue weighted by atomic mass is 15.3. The van der Waals surface area contributed by atoms with Gasteiger partial charge in [0.15, 0.2) is 0 Å².